The van der Waals surface area contributed by atoms with Gasteiger partial charge >= 0.3 is 5.97 Å². The smallest absolute Gasteiger partial charge is 0.331 e. The van der Waals surface area contributed by atoms with E-state index in [0.717, 1.165) is 0 Å². The standard InChI is InChI=1S/C7H11NO4/c8-6-4(9)1-3(7(11)12)2-5(6)10/h1,4-6,9-10H,2,8H2,(H,11,12)/t4-,5-,6-/m0/s1. The first-order chi connectivity index (χ1) is 5.52. The highest BCUT2D eigenvalue weighted by Crippen LogP contribution is 2.17. The largest absolute Gasteiger partial charge is 0.478 e. The molecular weight excluding hydrogens is 162 g/mol. The highest BCUT2D eigenvalue weighted by atomic mass is 16.4. The third kappa shape index (κ3) is 1.63. The molecule has 0 heterocycles. The molecule has 0 amide bonds. The van der Waals surface area contributed by atoms with Crippen LogP contribution < -0.4 is 5.73 Å². The van der Waals surface area contributed by atoms with Crippen molar-refractivity contribution < 1.29 is 20.1 Å². The summed E-state index contributed by atoms with van der Waals surface area (Å²) in [5.41, 5.74) is 5.36. The summed E-state index contributed by atoms with van der Waals surface area (Å²) < 4.78 is 0. The Morgan fingerprint density at radius 3 is 2.58 bits per heavy atom. The Morgan fingerprint density at radius 1 is 1.58 bits per heavy atom. The van der Waals surface area contributed by atoms with E-state index < -0.39 is 24.2 Å². The van der Waals surface area contributed by atoms with Crippen LogP contribution in [-0.2, 0) is 4.79 Å². The normalized spacial score (nSPS) is 35.9. The maximum absolute atomic E-state index is 10.4. The third-order valence-corrected chi connectivity index (χ3v) is 1.91. The van der Waals surface area contributed by atoms with E-state index in [-0.39, 0.29) is 12.0 Å². The van der Waals surface area contributed by atoms with Crippen LogP contribution in [0, 0.1) is 0 Å². The molecule has 0 aromatic heterocycles. The Hall–Kier alpha value is -0.910. The van der Waals surface area contributed by atoms with Crippen LogP contribution in [-0.4, -0.2) is 39.5 Å². The summed E-state index contributed by atoms with van der Waals surface area (Å²) in [6.07, 6.45) is -0.885. The van der Waals surface area contributed by atoms with Crippen molar-refractivity contribution in [3.63, 3.8) is 0 Å². The Balaban J connectivity index is 2.81. The first kappa shape index (κ1) is 9.18. The number of carbonyl (C=O) groups is 1. The van der Waals surface area contributed by atoms with Crippen molar-refractivity contribution in [3.8, 4) is 0 Å². The number of carboxylic acid groups (broad SMARTS) is 1. The van der Waals surface area contributed by atoms with Gasteiger partial charge in [-0.2, -0.15) is 0 Å². The molecule has 0 spiro atoms. The van der Waals surface area contributed by atoms with Gasteiger partial charge in [0, 0.05) is 12.0 Å². The van der Waals surface area contributed by atoms with E-state index in [1.165, 1.54) is 6.08 Å². The minimum Gasteiger partial charge on any atom is -0.478 e. The first-order valence-electron chi connectivity index (χ1n) is 3.58. The van der Waals surface area contributed by atoms with E-state index in [1.807, 2.05) is 0 Å². The Kier molecular flexibility index (Phi) is 2.46. The fourth-order valence-corrected chi connectivity index (χ4v) is 1.13. The molecule has 3 atom stereocenters. The molecule has 5 N–H and O–H groups in total. The number of carboxylic acids is 1. The van der Waals surface area contributed by atoms with Crippen LogP contribution in [0.1, 0.15) is 6.42 Å². The van der Waals surface area contributed by atoms with Crippen molar-refractivity contribution in [2.24, 2.45) is 5.73 Å². The molecule has 0 aromatic carbocycles. The van der Waals surface area contributed by atoms with Gasteiger partial charge in [-0.05, 0) is 6.08 Å². The predicted octanol–water partition coefficient (Wildman–Crippen LogP) is -1.55. The second kappa shape index (κ2) is 3.22. The van der Waals surface area contributed by atoms with E-state index in [2.05, 4.69) is 0 Å². The molecule has 0 saturated carbocycles. The van der Waals surface area contributed by atoms with Crippen molar-refractivity contribution in [1.82, 2.24) is 0 Å². The van der Waals surface area contributed by atoms with E-state index in [4.69, 9.17) is 15.9 Å². The van der Waals surface area contributed by atoms with Crippen LogP contribution in [0.25, 0.3) is 0 Å². The molecule has 0 bridgehead atoms. The van der Waals surface area contributed by atoms with Crippen LogP contribution in [0.5, 0.6) is 0 Å². The zero-order valence-electron chi connectivity index (χ0n) is 6.34. The molecule has 0 saturated heterocycles. The van der Waals surface area contributed by atoms with E-state index >= 15 is 0 Å². The summed E-state index contributed by atoms with van der Waals surface area (Å²) in [5.74, 6) is -1.12. The minimum atomic E-state index is -1.12. The lowest BCUT2D eigenvalue weighted by Gasteiger charge is -2.26. The van der Waals surface area contributed by atoms with Crippen molar-refractivity contribution >= 4 is 5.97 Å². The average Bonchev–Trinajstić information content (AvgIpc) is 1.99. The van der Waals surface area contributed by atoms with Gasteiger partial charge in [0.1, 0.15) is 0 Å². The number of hydrogen-bond donors (Lipinski definition) is 4. The SMILES string of the molecule is N[C@H]1[C@@H](O)C=C(C(=O)O)C[C@@H]1O. The lowest BCUT2D eigenvalue weighted by atomic mass is 9.91. The van der Waals surface area contributed by atoms with E-state index in [1.54, 1.807) is 0 Å². The Morgan fingerprint density at radius 2 is 2.17 bits per heavy atom. The van der Waals surface area contributed by atoms with Gasteiger partial charge in [0.25, 0.3) is 0 Å². The summed E-state index contributed by atoms with van der Waals surface area (Å²) >= 11 is 0. The number of rotatable bonds is 1. The van der Waals surface area contributed by atoms with Crippen molar-refractivity contribution in [1.29, 1.82) is 0 Å². The molecule has 12 heavy (non-hydrogen) atoms. The molecule has 0 aliphatic heterocycles. The van der Waals surface area contributed by atoms with Gasteiger partial charge in [-0.15, -0.1) is 0 Å². The summed E-state index contributed by atoms with van der Waals surface area (Å²) in [6, 6.07) is -0.784. The minimum absolute atomic E-state index is 0.00639. The third-order valence-electron chi connectivity index (χ3n) is 1.91. The average molecular weight is 173 g/mol. The molecule has 1 aliphatic carbocycles. The predicted molar refractivity (Wildman–Crippen MR) is 40.3 cm³/mol. The summed E-state index contributed by atoms with van der Waals surface area (Å²) in [7, 11) is 0. The number of aliphatic hydroxyl groups is 2. The molecule has 5 heteroatoms. The van der Waals surface area contributed by atoms with Crippen LogP contribution >= 0.6 is 0 Å². The summed E-state index contributed by atoms with van der Waals surface area (Å²) in [4.78, 5) is 10.4. The number of hydrogen-bond acceptors (Lipinski definition) is 4. The molecule has 0 radical (unpaired) electrons. The lowest BCUT2D eigenvalue weighted by molar-refractivity contribution is -0.133. The fraction of sp³-hybridized carbons (Fsp3) is 0.571. The van der Waals surface area contributed by atoms with Crippen LogP contribution in [0.15, 0.2) is 11.6 Å². The quantitative estimate of drug-likeness (QED) is 0.384. The molecule has 1 aliphatic rings. The van der Waals surface area contributed by atoms with Gasteiger partial charge in [0.15, 0.2) is 0 Å². The zero-order chi connectivity index (χ0) is 9.30. The van der Waals surface area contributed by atoms with Gasteiger partial charge in [0.05, 0.1) is 18.2 Å². The Bertz CT molecular complexity index is 225. The topological polar surface area (TPSA) is 104 Å². The van der Waals surface area contributed by atoms with E-state index in [9.17, 15) is 9.90 Å². The number of aliphatic carboxylic acids is 1. The van der Waals surface area contributed by atoms with Gasteiger partial charge in [-0.1, -0.05) is 0 Å². The highest BCUT2D eigenvalue weighted by Gasteiger charge is 2.29. The lowest BCUT2D eigenvalue weighted by Crippen LogP contribution is -2.47. The molecular formula is C7H11NO4. The van der Waals surface area contributed by atoms with E-state index in [0.29, 0.717) is 0 Å². The number of nitrogens with two attached hydrogens (primary N) is 1. The van der Waals surface area contributed by atoms with Gasteiger partial charge in [-0.25, -0.2) is 4.79 Å². The molecule has 0 unspecified atom stereocenters. The van der Waals surface area contributed by atoms with Crippen molar-refractivity contribution in [2.45, 2.75) is 24.7 Å². The molecule has 68 valence electrons. The Labute approximate surface area is 69.1 Å². The number of aliphatic hydroxyl groups excluding tert-OH is 2. The second-order valence-corrected chi connectivity index (χ2v) is 2.84. The molecule has 1 rings (SSSR count). The van der Waals surface area contributed by atoms with Gasteiger partial charge < -0.3 is 21.1 Å². The summed E-state index contributed by atoms with van der Waals surface area (Å²) in [6.45, 7) is 0. The van der Waals surface area contributed by atoms with Crippen molar-refractivity contribution in [3.05, 3.63) is 11.6 Å². The monoisotopic (exact) mass is 173 g/mol. The zero-order valence-corrected chi connectivity index (χ0v) is 6.34. The van der Waals surface area contributed by atoms with Crippen LogP contribution in [0.3, 0.4) is 0 Å². The molecule has 0 fully saturated rings. The second-order valence-electron chi connectivity index (χ2n) is 2.84. The van der Waals surface area contributed by atoms with Gasteiger partial charge in [-0.3, -0.25) is 0 Å². The maximum atomic E-state index is 10.4. The first-order valence-corrected chi connectivity index (χ1v) is 3.58. The summed E-state index contributed by atoms with van der Waals surface area (Å²) in [5, 5.41) is 26.8. The van der Waals surface area contributed by atoms with Crippen LogP contribution in [0.4, 0.5) is 0 Å². The van der Waals surface area contributed by atoms with Crippen molar-refractivity contribution in [2.75, 3.05) is 0 Å². The van der Waals surface area contributed by atoms with Crippen LogP contribution in [0.2, 0.25) is 0 Å². The fourth-order valence-electron chi connectivity index (χ4n) is 1.13. The molecule has 5 nitrogen and oxygen atoms in total. The maximum Gasteiger partial charge on any atom is 0.331 e. The molecule has 0 aromatic rings. The van der Waals surface area contributed by atoms with Gasteiger partial charge in [0.2, 0.25) is 0 Å². The highest BCUT2D eigenvalue weighted by molar-refractivity contribution is 5.87.